The molecule has 0 saturated carbocycles. The van der Waals surface area contributed by atoms with Gasteiger partial charge < -0.3 is 19.4 Å². The van der Waals surface area contributed by atoms with E-state index >= 15 is 0 Å². The molecule has 3 rings (SSSR count). The van der Waals surface area contributed by atoms with Crippen molar-refractivity contribution in [3.63, 3.8) is 0 Å². The Balaban J connectivity index is 1.73. The highest BCUT2D eigenvalue weighted by atomic mass is 32.2. The summed E-state index contributed by atoms with van der Waals surface area (Å²) in [6, 6.07) is 2.61. The van der Waals surface area contributed by atoms with E-state index in [4.69, 9.17) is 4.74 Å². The second-order valence-electron chi connectivity index (χ2n) is 8.22. The van der Waals surface area contributed by atoms with Crippen molar-refractivity contribution < 1.29 is 44.6 Å². The fourth-order valence-corrected chi connectivity index (χ4v) is 5.09. The van der Waals surface area contributed by atoms with Gasteiger partial charge >= 0.3 is 6.18 Å². The number of nitrogens with one attached hydrogen (secondary N) is 1. The summed E-state index contributed by atoms with van der Waals surface area (Å²) in [6.45, 7) is -0.758. The van der Waals surface area contributed by atoms with E-state index < -0.39 is 53.2 Å². The number of pyridine rings is 1. The number of sulfone groups is 1. The fraction of sp³-hybridized carbons (Fsp3) is 0.632. The summed E-state index contributed by atoms with van der Waals surface area (Å²) in [5, 5.41) is 2.80. The first kappa shape index (κ1) is 26.1. The molecule has 2 aromatic rings. The lowest BCUT2D eigenvalue weighted by Gasteiger charge is -2.34. The Morgan fingerprint density at radius 2 is 1.85 bits per heavy atom. The number of ether oxygens (including phenoxy) is 2. The van der Waals surface area contributed by atoms with Crippen molar-refractivity contribution in [3.05, 3.63) is 18.0 Å². The minimum Gasteiger partial charge on any atom is -0.474 e. The first-order valence-electron chi connectivity index (χ1n) is 10.1. The van der Waals surface area contributed by atoms with Crippen LogP contribution in [0.15, 0.2) is 12.1 Å². The third kappa shape index (κ3) is 6.31. The number of nitrogens with zero attached hydrogens (tertiary/aromatic N) is 3. The van der Waals surface area contributed by atoms with Crippen molar-refractivity contribution in [2.75, 3.05) is 24.7 Å². The number of aryl methyl sites for hydroxylation is 1. The van der Waals surface area contributed by atoms with Gasteiger partial charge in [0.1, 0.15) is 28.6 Å². The Morgan fingerprint density at radius 1 is 1.21 bits per heavy atom. The zero-order valence-electron chi connectivity index (χ0n) is 18.2. The lowest BCUT2D eigenvalue weighted by molar-refractivity contribution is -0.234. The molecule has 190 valence electrons. The summed E-state index contributed by atoms with van der Waals surface area (Å²) < 4.78 is 97.3. The number of rotatable bonds is 8. The lowest BCUT2D eigenvalue weighted by Crippen LogP contribution is -2.51. The van der Waals surface area contributed by atoms with E-state index in [-0.39, 0.29) is 47.2 Å². The number of amides is 1. The highest BCUT2D eigenvalue weighted by Gasteiger charge is 2.42. The minimum atomic E-state index is -4.93. The van der Waals surface area contributed by atoms with Crippen LogP contribution in [0.4, 0.5) is 22.0 Å². The molecule has 0 aliphatic carbocycles. The smallest absolute Gasteiger partial charge is 0.417 e. The third-order valence-electron chi connectivity index (χ3n) is 5.41. The Bertz CT molecular complexity index is 1140. The van der Waals surface area contributed by atoms with Crippen LogP contribution in [-0.4, -0.2) is 77.8 Å². The number of aromatic nitrogens is 3. The molecule has 0 radical (unpaired) electrons. The molecule has 3 heterocycles. The van der Waals surface area contributed by atoms with Crippen LogP contribution in [0.25, 0.3) is 11.2 Å². The number of fused-ring (bicyclic) bond motifs is 1. The van der Waals surface area contributed by atoms with Gasteiger partial charge in [-0.05, 0) is 25.8 Å². The van der Waals surface area contributed by atoms with Crippen LogP contribution in [-0.2, 0) is 21.6 Å². The highest BCUT2D eigenvalue weighted by molar-refractivity contribution is 7.91. The molecule has 1 amide bonds. The lowest BCUT2D eigenvalue weighted by atomic mass is 9.95. The summed E-state index contributed by atoms with van der Waals surface area (Å²) in [7, 11) is -1.66. The van der Waals surface area contributed by atoms with E-state index in [1.54, 1.807) is 6.92 Å². The Kier molecular flexibility index (Phi) is 7.36. The maximum atomic E-state index is 13.0. The predicted octanol–water partition coefficient (Wildman–Crippen LogP) is 2.26. The van der Waals surface area contributed by atoms with Gasteiger partial charge in [0, 0.05) is 18.7 Å². The Morgan fingerprint density at radius 3 is 2.44 bits per heavy atom. The van der Waals surface area contributed by atoms with E-state index in [1.807, 2.05) is 0 Å². The molecule has 9 nitrogen and oxygen atoms in total. The monoisotopic (exact) mass is 514 g/mol. The molecule has 0 bridgehead atoms. The van der Waals surface area contributed by atoms with Gasteiger partial charge in [-0.15, -0.1) is 0 Å². The summed E-state index contributed by atoms with van der Waals surface area (Å²) in [5.41, 5.74) is -0.346. The molecule has 1 N–H and O–H groups in total. The zero-order chi connectivity index (χ0) is 25.3. The van der Waals surface area contributed by atoms with E-state index in [0.717, 1.165) is 0 Å². The van der Waals surface area contributed by atoms with Crippen LogP contribution in [0, 0.1) is 0 Å². The van der Waals surface area contributed by atoms with Gasteiger partial charge in [-0.1, -0.05) is 0 Å². The first-order valence-corrected chi connectivity index (χ1v) is 12.0. The van der Waals surface area contributed by atoms with Crippen LogP contribution >= 0.6 is 0 Å². The maximum Gasteiger partial charge on any atom is 0.417 e. The second kappa shape index (κ2) is 9.60. The van der Waals surface area contributed by atoms with Crippen molar-refractivity contribution in [2.45, 2.75) is 44.0 Å². The molecule has 0 spiro atoms. The van der Waals surface area contributed by atoms with Crippen LogP contribution in [0.2, 0.25) is 0 Å². The number of alkyl halides is 5. The number of halogens is 5. The molecule has 2 aromatic heterocycles. The molecular weight excluding hydrogens is 491 g/mol. The molecule has 1 aliphatic heterocycles. The van der Waals surface area contributed by atoms with Crippen molar-refractivity contribution in [3.8, 4) is 5.88 Å². The summed E-state index contributed by atoms with van der Waals surface area (Å²) in [4.78, 5) is 21.0. The third-order valence-corrected chi connectivity index (χ3v) is 7.06. The molecule has 1 atom stereocenters. The van der Waals surface area contributed by atoms with Gasteiger partial charge in [0.25, 0.3) is 12.3 Å². The van der Waals surface area contributed by atoms with Gasteiger partial charge in [-0.25, -0.2) is 22.2 Å². The van der Waals surface area contributed by atoms with E-state index in [0.29, 0.717) is 0 Å². The second-order valence-corrected chi connectivity index (χ2v) is 10.5. The standard InChI is InChI=1S/C19H23F5N4O5S/c1-18(5-7-34(30,31)8-6-18)27-17(29)16-25-11-3-4-14(26-15(11)28(16)2)33-9-12(19(22,23)24)32-10-13(20)21/h3-4,12-13H,5-10H2,1-2H3,(H,27,29)/t12-/m0/s1. The van der Waals surface area contributed by atoms with Gasteiger partial charge in [-0.2, -0.15) is 18.2 Å². The average Bonchev–Trinajstić information content (AvgIpc) is 3.06. The summed E-state index contributed by atoms with van der Waals surface area (Å²) >= 11 is 0. The SMILES string of the molecule is Cn1c(C(=O)NC2(C)CCS(=O)(=O)CC2)nc2ccc(OC[C@H](OCC(F)F)C(F)(F)F)nc21. The molecule has 34 heavy (non-hydrogen) atoms. The van der Waals surface area contributed by atoms with Crippen LogP contribution < -0.4 is 10.1 Å². The molecule has 1 saturated heterocycles. The van der Waals surface area contributed by atoms with Crippen LogP contribution in [0.1, 0.15) is 30.4 Å². The highest BCUT2D eigenvalue weighted by Crippen LogP contribution is 2.26. The summed E-state index contributed by atoms with van der Waals surface area (Å²) in [5.74, 6) is -0.949. The molecule has 0 unspecified atom stereocenters. The number of carbonyl (C=O) groups excluding carboxylic acids is 1. The number of imidazole rings is 1. The number of hydrogen-bond acceptors (Lipinski definition) is 7. The molecule has 15 heteroatoms. The van der Waals surface area contributed by atoms with Crippen molar-refractivity contribution in [1.29, 1.82) is 0 Å². The molecule has 0 aromatic carbocycles. The first-order chi connectivity index (χ1) is 15.7. The van der Waals surface area contributed by atoms with Gasteiger partial charge in [0.05, 0.1) is 11.5 Å². The predicted molar refractivity (Wildman–Crippen MR) is 110 cm³/mol. The Labute approximate surface area is 191 Å². The summed E-state index contributed by atoms with van der Waals surface area (Å²) in [6.07, 6.45) is -10.1. The van der Waals surface area contributed by atoms with Gasteiger partial charge in [0.2, 0.25) is 11.7 Å². The molecule has 1 aliphatic rings. The van der Waals surface area contributed by atoms with Crippen molar-refractivity contribution in [2.24, 2.45) is 7.05 Å². The average molecular weight is 514 g/mol. The quantitative estimate of drug-likeness (QED) is 0.538. The van der Waals surface area contributed by atoms with Gasteiger partial charge in [-0.3, -0.25) is 4.79 Å². The maximum absolute atomic E-state index is 13.0. The molecular formula is C19H23F5N4O5S. The topological polar surface area (TPSA) is 112 Å². The van der Waals surface area contributed by atoms with Gasteiger partial charge in [0.15, 0.2) is 11.8 Å². The largest absolute Gasteiger partial charge is 0.474 e. The number of carbonyl (C=O) groups is 1. The zero-order valence-corrected chi connectivity index (χ0v) is 19.0. The van der Waals surface area contributed by atoms with Crippen molar-refractivity contribution in [1.82, 2.24) is 19.9 Å². The van der Waals surface area contributed by atoms with Crippen molar-refractivity contribution >= 4 is 26.9 Å². The number of hydrogen-bond donors (Lipinski definition) is 1. The van der Waals surface area contributed by atoms with E-state index in [1.165, 1.54) is 23.7 Å². The van der Waals surface area contributed by atoms with Crippen LogP contribution in [0.5, 0.6) is 5.88 Å². The normalized spacial score (nSPS) is 18.7. The molecule has 1 fully saturated rings. The minimum absolute atomic E-state index is 0.0391. The van der Waals surface area contributed by atoms with Crippen LogP contribution in [0.3, 0.4) is 0 Å². The van der Waals surface area contributed by atoms with E-state index in [2.05, 4.69) is 20.0 Å². The van der Waals surface area contributed by atoms with E-state index in [9.17, 15) is 35.2 Å². The Hall–Kier alpha value is -2.55. The fourth-order valence-electron chi connectivity index (χ4n) is 3.36.